The molecule has 0 spiro atoms. The van der Waals surface area contributed by atoms with E-state index in [0.29, 0.717) is 30.7 Å². The van der Waals surface area contributed by atoms with E-state index in [2.05, 4.69) is 41.6 Å². The number of nitrogens with one attached hydrogen (secondary N) is 2. The van der Waals surface area contributed by atoms with Crippen molar-refractivity contribution in [1.82, 2.24) is 15.6 Å². The number of nitrogens with zero attached hydrogens (tertiary/aromatic N) is 2. The van der Waals surface area contributed by atoms with Crippen LogP contribution in [-0.2, 0) is 11.2 Å². The Balaban J connectivity index is 0.00000225. The number of rotatable bonds is 6. The zero-order valence-corrected chi connectivity index (χ0v) is 18.8. The minimum absolute atomic E-state index is 0. The first-order chi connectivity index (χ1) is 13.2. The van der Waals surface area contributed by atoms with Crippen LogP contribution in [0.3, 0.4) is 0 Å². The zero-order chi connectivity index (χ0) is 18.6. The molecule has 2 fully saturated rings. The Bertz CT molecular complexity index is 790. The fourth-order valence-corrected chi connectivity index (χ4v) is 3.82. The molecule has 1 aromatic carbocycles. The van der Waals surface area contributed by atoms with Gasteiger partial charge in [0, 0.05) is 25.1 Å². The predicted octanol–water partition coefficient (Wildman–Crippen LogP) is 3.69. The number of aliphatic imine (C=N–C) groups is 1. The molecule has 2 saturated heterocycles. The van der Waals surface area contributed by atoms with Gasteiger partial charge in [-0.25, -0.2) is 4.98 Å². The third-order valence-corrected chi connectivity index (χ3v) is 5.26. The van der Waals surface area contributed by atoms with Crippen LogP contribution in [0.5, 0.6) is 0 Å². The van der Waals surface area contributed by atoms with Crippen molar-refractivity contribution < 1.29 is 9.15 Å². The highest BCUT2D eigenvalue weighted by molar-refractivity contribution is 14.0. The van der Waals surface area contributed by atoms with Gasteiger partial charge in [-0.15, -0.1) is 24.0 Å². The quantitative estimate of drug-likeness (QED) is 0.363. The summed E-state index contributed by atoms with van der Waals surface area (Å²) < 4.78 is 11.6. The molecule has 3 atom stereocenters. The Hall–Kier alpha value is -1.61. The number of benzene rings is 1. The number of ether oxygens (including phenoxy) is 1. The van der Waals surface area contributed by atoms with Gasteiger partial charge in [-0.3, -0.25) is 4.99 Å². The molecule has 1 aromatic heterocycles. The van der Waals surface area contributed by atoms with Crippen molar-refractivity contribution in [1.29, 1.82) is 0 Å². The predicted molar refractivity (Wildman–Crippen MR) is 121 cm³/mol. The van der Waals surface area contributed by atoms with Crippen molar-refractivity contribution in [2.24, 2.45) is 4.99 Å². The van der Waals surface area contributed by atoms with Crippen molar-refractivity contribution in [2.45, 2.75) is 57.8 Å². The van der Waals surface area contributed by atoms with E-state index in [1.165, 1.54) is 12.0 Å². The highest BCUT2D eigenvalue weighted by Crippen LogP contribution is 2.34. The molecule has 2 aromatic rings. The smallest absolute Gasteiger partial charge is 0.226 e. The number of hydrogen-bond acceptors (Lipinski definition) is 4. The van der Waals surface area contributed by atoms with Gasteiger partial charge in [0.15, 0.2) is 5.96 Å². The number of aryl methyl sites for hydroxylation is 1. The third kappa shape index (κ3) is 5.05. The summed E-state index contributed by atoms with van der Waals surface area (Å²) in [6.07, 6.45) is 6.69. The number of oxazole rings is 1. The van der Waals surface area contributed by atoms with E-state index in [1.54, 1.807) is 6.26 Å². The van der Waals surface area contributed by atoms with Gasteiger partial charge in [-0.1, -0.05) is 17.7 Å². The van der Waals surface area contributed by atoms with Crippen molar-refractivity contribution >= 4 is 29.9 Å². The number of guanidine groups is 1. The molecule has 3 heterocycles. The first-order valence-electron chi connectivity index (χ1n) is 9.93. The summed E-state index contributed by atoms with van der Waals surface area (Å²) in [5.74, 6) is 1.53. The molecule has 28 heavy (non-hydrogen) atoms. The van der Waals surface area contributed by atoms with E-state index < -0.39 is 0 Å². The summed E-state index contributed by atoms with van der Waals surface area (Å²) in [6, 6.07) is 8.58. The van der Waals surface area contributed by atoms with Crippen LogP contribution in [0, 0.1) is 6.92 Å². The second kappa shape index (κ2) is 9.73. The van der Waals surface area contributed by atoms with Gasteiger partial charge in [-0.05, 0) is 45.2 Å². The lowest BCUT2D eigenvalue weighted by atomic mass is 9.96. The second-order valence-electron chi connectivity index (χ2n) is 7.38. The van der Waals surface area contributed by atoms with Crippen LogP contribution in [0.2, 0.25) is 0 Å². The lowest BCUT2D eigenvalue weighted by molar-refractivity contribution is 0.0992. The highest BCUT2D eigenvalue weighted by Gasteiger charge is 2.41. The van der Waals surface area contributed by atoms with Crippen molar-refractivity contribution in [3.63, 3.8) is 0 Å². The van der Waals surface area contributed by atoms with Gasteiger partial charge in [0.1, 0.15) is 6.26 Å². The zero-order valence-electron chi connectivity index (χ0n) is 16.5. The maximum absolute atomic E-state index is 5.92. The molecule has 0 aliphatic carbocycles. The molecule has 0 saturated carbocycles. The van der Waals surface area contributed by atoms with Crippen molar-refractivity contribution in [3.8, 4) is 11.5 Å². The normalized spacial score (nSPS) is 23.5. The lowest BCUT2D eigenvalue weighted by Gasteiger charge is -2.22. The number of aromatic nitrogens is 1. The molecule has 2 bridgehead atoms. The van der Waals surface area contributed by atoms with E-state index in [4.69, 9.17) is 14.1 Å². The third-order valence-electron chi connectivity index (χ3n) is 5.26. The fraction of sp³-hybridized carbons (Fsp3) is 0.524. The first-order valence-corrected chi connectivity index (χ1v) is 9.93. The van der Waals surface area contributed by atoms with Crippen LogP contribution >= 0.6 is 24.0 Å². The van der Waals surface area contributed by atoms with Gasteiger partial charge in [0.25, 0.3) is 0 Å². The Morgan fingerprint density at radius 1 is 1.25 bits per heavy atom. The maximum Gasteiger partial charge on any atom is 0.226 e. The Kier molecular flexibility index (Phi) is 7.34. The molecule has 2 aliphatic rings. The molecular formula is C21H29IN4O2. The Morgan fingerprint density at radius 3 is 2.75 bits per heavy atom. The second-order valence-corrected chi connectivity index (χ2v) is 7.38. The van der Waals surface area contributed by atoms with Crippen molar-refractivity contribution in [2.75, 3.05) is 13.1 Å². The lowest BCUT2D eigenvalue weighted by Crippen LogP contribution is -2.47. The van der Waals surface area contributed by atoms with Crippen LogP contribution in [0.25, 0.3) is 11.5 Å². The molecule has 6 nitrogen and oxygen atoms in total. The van der Waals surface area contributed by atoms with Crippen LogP contribution in [0.15, 0.2) is 39.9 Å². The minimum Gasteiger partial charge on any atom is -0.444 e. The molecule has 7 heteroatoms. The van der Waals surface area contributed by atoms with E-state index in [0.717, 1.165) is 43.0 Å². The topological polar surface area (TPSA) is 71.7 Å². The van der Waals surface area contributed by atoms with Crippen LogP contribution < -0.4 is 10.6 Å². The summed E-state index contributed by atoms with van der Waals surface area (Å²) in [5, 5.41) is 6.87. The summed E-state index contributed by atoms with van der Waals surface area (Å²) in [5.41, 5.74) is 3.15. The number of hydrogen-bond donors (Lipinski definition) is 2. The monoisotopic (exact) mass is 496 g/mol. The standard InChI is InChI=1S/C21H28N4O2.HI/c1-3-22-21(25-18-12-17-8-9-19(18)27-17)23-11-10-16-13-26-20(24-16)15-6-4-14(2)5-7-15;/h4-7,13,17-19H,3,8-12H2,1-2H3,(H2,22,23,25);1H. The van der Waals surface area contributed by atoms with E-state index in [1.807, 2.05) is 12.1 Å². The summed E-state index contributed by atoms with van der Waals surface area (Å²) >= 11 is 0. The average molecular weight is 496 g/mol. The SMILES string of the molecule is CCNC(=NCCc1coc(-c2ccc(C)cc2)n1)NC1CC2CCC1O2.I. The van der Waals surface area contributed by atoms with Crippen LogP contribution in [-0.4, -0.2) is 42.3 Å². The summed E-state index contributed by atoms with van der Waals surface area (Å²) in [4.78, 5) is 9.30. The molecule has 4 rings (SSSR count). The van der Waals surface area contributed by atoms with Gasteiger partial charge in [0.2, 0.25) is 5.89 Å². The van der Waals surface area contributed by atoms with E-state index in [9.17, 15) is 0 Å². The number of fused-ring (bicyclic) bond motifs is 2. The molecule has 2 aliphatic heterocycles. The first kappa shape index (κ1) is 21.1. The molecule has 0 radical (unpaired) electrons. The van der Waals surface area contributed by atoms with Gasteiger partial charge >= 0.3 is 0 Å². The van der Waals surface area contributed by atoms with Crippen LogP contribution in [0.4, 0.5) is 0 Å². The van der Waals surface area contributed by atoms with E-state index >= 15 is 0 Å². The van der Waals surface area contributed by atoms with E-state index in [-0.39, 0.29) is 24.0 Å². The Morgan fingerprint density at radius 2 is 2.07 bits per heavy atom. The van der Waals surface area contributed by atoms with Crippen LogP contribution in [0.1, 0.15) is 37.4 Å². The summed E-state index contributed by atoms with van der Waals surface area (Å²) in [7, 11) is 0. The average Bonchev–Trinajstić information content (AvgIpc) is 3.39. The van der Waals surface area contributed by atoms with Crippen molar-refractivity contribution in [3.05, 3.63) is 41.8 Å². The van der Waals surface area contributed by atoms with Gasteiger partial charge in [0.05, 0.1) is 23.9 Å². The Labute approximate surface area is 183 Å². The fourth-order valence-electron chi connectivity index (χ4n) is 3.82. The maximum atomic E-state index is 5.92. The number of halogens is 1. The van der Waals surface area contributed by atoms with Gasteiger partial charge in [-0.2, -0.15) is 0 Å². The highest BCUT2D eigenvalue weighted by atomic mass is 127. The molecule has 3 unspecified atom stereocenters. The summed E-state index contributed by atoms with van der Waals surface area (Å²) in [6.45, 7) is 5.66. The minimum atomic E-state index is 0. The van der Waals surface area contributed by atoms with Gasteiger partial charge < -0.3 is 19.8 Å². The molecular weight excluding hydrogens is 467 g/mol. The molecule has 152 valence electrons. The molecule has 0 amide bonds. The molecule has 2 N–H and O–H groups in total. The largest absolute Gasteiger partial charge is 0.444 e.